The fourth-order valence-electron chi connectivity index (χ4n) is 4.23. The summed E-state index contributed by atoms with van der Waals surface area (Å²) in [5, 5.41) is 3.05. The zero-order valence-electron chi connectivity index (χ0n) is 26.0. The monoisotopic (exact) mass is 525 g/mol. The lowest BCUT2D eigenvalue weighted by Gasteiger charge is -2.33. The SMILES string of the molecule is CC.CC.CCC.CCCCCCC(C(=O)Nc1ccc(C(C)=O)cc1)c1ccc2c(c1)OCCC2(C)C. The van der Waals surface area contributed by atoms with Crippen molar-refractivity contribution in [3.8, 4) is 5.75 Å². The molecule has 4 nitrogen and oxygen atoms in total. The summed E-state index contributed by atoms with van der Waals surface area (Å²) in [7, 11) is 0. The van der Waals surface area contributed by atoms with Gasteiger partial charge in [0.05, 0.1) is 12.5 Å². The van der Waals surface area contributed by atoms with Crippen molar-refractivity contribution in [1.29, 1.82) is 0 Å². The summed E-state index contributed by atoms with van der Waals surface area (Å²) < 4.78 is 5.96. The number of hydrogen-bond donors (Lipinski definition) is 1. The molecule has 1 aliphatic heterocycles. The molecule has 38 heavy (non-hydrogen) atoms. The summed E-state index contributed by atoms with van der Waals surface area (Å²) >= 11 is 0. The van der Waals surface area contributed by atoms with Crippen molar-refractivity contribution in [1.82, 2.24) is 0 Å². The molecule has 1 N–H and O–H groups in total. The van der Waals surface area contributed by atoms with Crippen molar-refractivity contribution in [3.05, 3.63) is 59.2 Å². The fraction of sp³-hybridized carbons (Fsp3) is 0.588. The van der Waals surface area contributed by atoms with Crippen molar-refractivity contribution in [3.63, 3.8) is 0 Å². The van der Waals surface area contributed by atoms with Gasteiger partial charge in [-0.15, -0.1) is 0 Å². The molecular weight excluding hydrogens is 470 g/mol. The van der Waals surface area contributed by atoms with Crippen LogP contribution in [0.4, 0.5) is 5.69 Å². The van der Waals surface area contributed by atoms with E-state index < -0.39 is 0 Å². The Morgan fingerprint density at radius 1 is 0.921 bits per heavy atom. The van der Waals surface area contributed by atoms with Crippen molar-refractivity contribution in [2.24, 2.45) is 0 Å². The Morgan fingerprint density at radius 2 is 1.53 bits per heavy atom. The Morgan fingerprint density at radius 3 is 2.08 bits per heavy atom. The fourth-order valence-corrected chi connectivity index (χ4v) is 4.23. The number of amides is 1. The zero-order chi connectivity index (χ0) is 29.1. The molecule has 2 aromatic rings. The first kappa shape index (κ1) is 35.4. The Labute approximate surface area is 234 Å². The molecular formula is C34H55NO3. The molecule has 0 aromatic heterocycles. The van der Waals surface area contributed by atoms with E-state index in [2.05, 4.69) is 58.1 Å². The van der Waals surface area contributed by atoms with Crippen LogP contribution in [-0.4, -0.2) is 18.3 Å². The number of anilines is 1. The van der Waals surface area contributed by atoms with Gasteiger partial charge in [0.2, 0.25) is 5.91 Å². The van der Waals surface area contributed by atoms with Gasteiger partial charge in [0.25, 0.3) is 0 Å². The van der Waals surface area contributed by atoms with Crippen molar-refractivity contribution in [2.75, 3.05) is 11.9 Å². The third-order valence-corrected chi connectivity index (χ3v) is 6.34. The standard InChI is InChI=1S/C27H35NO3.C3H8.2C2H6/c1-5-6-7-8-9-23(26(30)28-22-13-10-20(11-14-22)19(2)29)21-12-15-24-25(18-21)31-17-16-27(24,3)4;1-3-2;2*1-2/h10-15,18,23H,5-9,16-17H2,1-4H3,(H,28,30);3H2,1-2H3;2*1-2H3. The molecule has 1 unspecified atom stereocenters. The van der Waals surface area contributed by atoms with Gasteiger partial charge in [0, 0.05) is 11.3 Å². The Balaban J connectivity index is 0.00000179. The second-order valence-corrected chi connectivity index (χ2v) is 9.97. The highest BCUT2D eigenvalue weighted by Crippen LogP contribution is 2.40. The lowest BCUT2D eigenvalue weighted by molar-refractivity contribution is -0.117. The van der Waals surface area contributed by atoms with Crippen LogP contribution < -0.4 is 10.1 Å². The largest absolute Gasteiger partial charge is 0.493 e. The molecule has 0 bridgehead atoms. The van der Waals surface area contributed by atoms with E-state index in [1.807, 2.05) is 27.7 Å². The summed E-state index contributed by atoms with van der Waals surface area (Å²) in [6.07, 6.45) is 7.54. The third kappa shape index (κ3) is 11.4. The second-order valence-electron chi connectivity index (χ2n) is 9.97. The average molecular weight is 526 g/mol. The number of nitrogens with one attached hydrogen (secondary N) is 1. The lowest BCUT2D eigenvalue weighted by atomic mass is 9.78. The molecule has 0 fully saturated rings. The van der Waals surface area contributed by atoms with Crippen LogP contribution in [0.1, 0.15) is 142 Å². The first-order chi connectivity index (χ1) is 18.2. The van der Waals surface area contributed by atoms with Gasteiger partial charge in [-0.1, -0.05) is 107 Å². The number of hydrogen-bond acceptors (Lipinski definition) is 3. The molecule has 2 aromatic carbocycles. The number of unbranched alkanes of at least 4 members (excludes halogenated alkanes) is 3. The van der Waals surface area contributed by atoms with Crippen LogP contribution in [-0.2, 0) is 10.2 Å². The smallest absolute Gasteiger partial charge is 0.231 e. The molecule has 1 aliphatic rings. The minimum absolute atomic E-state index is 0.0120. The number of Topliss-reactive ketones (excluding diaryl/α,β-unsaturated/α-hetero) is 1. The van der Waals surface area contributed by atoms with Crippen molar-refractivity contribution >= 4 is 17.4 Å². The van der Waals surface area contributed by atoms with E-state index in [-0.39, 0.29) is 23.0 Å². The Kier molecular flexibility index (Phi) is 18.1. The maximum atomic E-state index is 13.3. The number of carbonyl (C=O) groups is 2. The first-order valence-corrected chi connectivity index (χ1v) is 14.9. The number of ketones is 1. The van der Waals surface area contributed by atoms with Gasteiger partial charge in [0.1, 0.15) is 5.75 Å². The molecule has 1 heterocycles. The van der Waals surface area contributed by atoms with Crippen molar-refractivity contribution < 1.29 is 14.3 Å². The molecule has 0 saturated carbocycles. The van der Waals surface area contributed by atoms with E-state index in [9.17, 15) is 9.59 Å². The molecule has 1 atom stereocenters. The van der Waals surface area contributed by atoms with Crippen LogP contribution >= 0.6 is 0 Å². The van der Waals surface area contributed by atoms with E-state index in [0.717, 1.165) is 37.0 Å². The molecule has 3 rings (SSSR count). The topological polar surface area (TPSA) is 55.4 Å². The summed E-state index contributed by atoms with van der Waals surface area (Å²) in [5.41, 5.74) is 3.66. The zero-order valence-corrected chi connectivity index (χ0v) is 26.0. The normalized spacial score (nSPS) is 13.4. The number of benzene rings is 2. The third-order valence-electron chi connectivity index (χ3n) is 6.34. The molecule has 0 spiro atoms. The van der Waals surface area contributed by atoms with Crippen molar-refractivity contribution in [2.45, 2.75) is 126 Å². The van der Waals surface area contributed by atoms with Crippen LogP contribution in [0.15, 0.2) is 42.5 Å². The van der Waals surface area contributed by atoms with Gasteiger partial charge in [-0.05, 0) is 66.6 Å². The molecule has 4 heteroatoms. The van der Waals surface area contributed by atoms with Gasteiger partial charge in [-0.3, -0.25) is 9.59 Å². The number of rotatable bonds is 9. The van der Waals surface area contributed by atoms with Crippen LogP contribution in [0, 0.1) is 0 Å². The maximum absolute atomic E-state index is 13.3. The van der Waals surface area contributed by atoms with E-state index in [4.69, 9.17) is 4.74 Å². The van der Waals surface area contributed by atoms with E-state index in [1.54, 1.807) is 31.2 Å². The Bertz CT molecular complexity index is 931. The van der Waals surface area contributed by atoms with Crippen LogP contribution in [0.2, 0.25) is 0 Å². The predicted octanol–water partition coefficient (Wildman–Crippen LogP) is 10.1. The van der Waals surface area contributed by atoms with E-state index in [1.165, 1.54) is 24.8 Å². The van der Waals surface area contributed by atoms with Crippen LogP contribution in [0.25, 0.3) is 0 Å². The average Bonchev–Trinajstić information content (AvgIpc) is 2.91. The minimum Gasteiger partial charge on any atom is -0.493 e. The quantitative estimate of drug-likeness (QED) is 0.262. The highest BCUT2D eigenvalue weighted by Gasteiger charge is 2.30. The second kappa shape index (κ2) is 19.4. The summed E-state index contributed by atoms with van der Waals surface area (Å²) in [6.45, 7) is 21.2. The van der Waals surface area contributed by atoms with Crippen LogP contribution in [0.5, 0.6) is 5.75 Å². The number of ether oxygens (including phenoxy) is 1. The molecule has 214 valence electrons. The first-order valence-electron chi connectivity index (χ1n) is 14.9. The molecule has 0 saturated heterocycles. The number of carbonyl (C=O) groups excluding carboxylic acids is 2. The van der Waals surface area contributed by atoms with Gasteiger partial charge < -0.3 is 10.1 Å². The Hall–Kier alpha value is -2.62. The van der Waals surface area contributed by atoms with Gasteiger partial charge in [-0.25, -0.2) is 0 Å². The minimum atomic E-state index is -0.233. The van der Waals surface area contributed by atoms with Gasteiger partial charge in [-0.2, -0.15) is 0 Å². The maximum Gasteiger partial charge on any atom is 0.231 e. The van der Waals surface area contributed by atoms with Gasteiger partial charge >= 0.3 is 0 Å². The molecule has 0 aliphatic carbocycles. The molecule has 1 amide bonds. The van der Waals surface area contributed by atoms with E-state index >= 15 is 0 Å². The van der Waals surface area contributed by atoms with Gasteiger partial charge in [0.15, 0.2) is 5.78 Å². The predicted molar refractivity (Wildman–Crippen MR) is 165 cm³/mol. The lowest BCUT2D eigenvalue weighted by Crippen LogP contribution is -2.27. The summed E-state index contributed by atoms with van der Waals surface area (Å²) in [6, 6.07) is 13.4. The van der Waals surface area contributed by atoms with E-state index in [0.29, 0.717) is 17.9 Å². The summed E-state index contributed by atoms with van der Waals surface area (Å²) in [5.74, 6) is 0.681. The highest BCUT2D eigenvalue weighted by atomic mass is 16.5. The highest BCUT2D eigenvalue weighted by molar-refractivity contribution is 5.97. The molecule has 0 radical (unpaired) electrons. The summed E-state index contributed by atoms with van der Waals surface area (Å²) in [4.78, 5) is 24.8. The van der Waals surface area contributed by atoms with Crippen LogP contribution in [0.3, 0.4) is 0 Å². The number of fused-ring (bicyclic) bond motifs is 1.